The summed E-state index contributed by atoms with van der Waals surface area (Å²) in [7, 11) is -3.40. The molecule has 0 saturated carbocycles. The number of para-hydroxylation sites is 1. The van der Waals surface area contributed by atoms with Crippen LogP contribution in [0.2, 0.25) is 0 Å². The molecule has 1 aromatic heterocycles. The van der Waals surface area contributed by atoms with Gasteiger partial charge in [0.2, 0.25) is 0 Å². The maximum Gasteiger partial charge on any atom is 0.257 e. The highest BCUT2D eigenvalue weighted by Crippen LogP contribution is 2.42. The molecule has 2 aliphatic rings. The molecule has 3 aromatic rings. The fourth-order valence-corrected chi connectivity index (χ4v) is 5.79. The Morgan fingerprint density at radius 3 is 2.81 bits per heavy atom. The van der Waals surface area contributed by atoms with Crippen molar-refractivity contribution in [1.29, 1.82) is 0 Å². The number of thioether (sulfide) groups is 1. The summed E-state index contributed by atoms with van der Waals surface area (Å²) in [4.78, 5) is 15.3. The Morgan fingerprint density at radius 1 is 1.13 bits per heavy atom. The van der Waals surface area contributed by atoms with E-state index >= 15 is 0 Å². The first-order valence-electron chi connectivity index (χ1n) is 9.79. The van der Waals surface area contributed by atoms with Crippen molar-refractivity contribution in [2.75, 3.05) is 23.7 Å². The number of amides is 1. The predicted octanol–water partition coefficient (Wildman–Crippen LogP) is 2.46. The second-order valence-electron chi connectivity index (χ2n) is 7.19. The highest BCUT2D eigenvalue weighted by molar-refractivity contribution is 8.15. The van der Waals surface area contributed by atoms with Crippen LogP contribution < -0.4 is 10.2 Å². The molecule has 0 saturated heterocycles. The maximum absolute atomic E-state index is 12.6. The van der Waals surface area contributed by atoms with Crippen molar-refractivity contribution in [3.8, 4) is 5.69 Å². The minimum absolute atomic E-state index is 0.00122. The number of carbonyl (C=O) groups excluding carboxylic acids is 1. The first kappa shape index (κ1) is 19.8. The van der Waals surface area contributed by atoms with Crippen LogP contribution in [0.5, 0.6) is 0 Å². The van der Waals surface area contributed by atoms with Crippen molar-refractivity contribution in [3.05, 3.63) is 72.1 Å². The van der Waals surface area contributed by atoms with Gasteiger partial charge in [0.1, 0.15) is 0 Å². The minimum Gasteiger partial charge on any atom is -0.352 e. The number of benzene rings is 2. The van der Waals surface area contributed by atoms with Crippen molar-refractivity contribution in [2.24, 2.45) is 4.40 Å². The molecule has 2 aromatic carbocycles. The van der Waals surface area contributed by atoms with E-state index < -0.39 is 10.0 Å². The lowest BCUT2D eigenvalue weighted by atomic mass is 10.1. The number of amidine groups is 1. The van der Waals surface area contributed by atoms with Crippen LogP contribution >= 0.6 is 11.8 Å². The maximum atomic E-state index is 12.6. The molecule has 158 valence electrons. The molecule has 3 heterocycles. The first-order valence-corrected chi connectivity index (χ1v) is 12.2. The smallest absolute Gasteiger partial charge is 0.257 e. The third-order valence-electron chi connectivity index (χ3n) is 5.07. The lowest BCUT2D eigenvalue weighted by molar-refractivity contribution is 0.0954. The van der Waals surface area contributed by atoms with Crippen LogP contribution in [0.15, 0.2) is 70.1 Å². The van der Waals surface area contributed by atoms with Crippen LogP contribution in [0, 0.1) is 0 Å². The number of rotatable bonds is 5. The zero-order chi connectivity index (χ0) is 21.4. The number of aromatic nitrogens is 2. The summed E-state index contributed by atoms with van der Waals surface area (Å²) in [6, 6.07) is 17.2. The number of fused-ring (bicyclic) bond motifs is 3. The Balaban J connectivity index is 1.21. The van der Waals surface area contributed by atoms with Gasteiger partial charge < -0.3 is 10.2 Å². The molecule has 10 heteroatoms. The van der Waals surface area contributed by atoms with Gasteiger partial charge in [-0.2, -0.15) is 5.10 Å². The average molecular weight is 454 g/mol. The van der Waals surface area contributed by atoms with E-state index in [-0.39, 0.29) is 11.7 Å². The Kier molecular flexibility index (Phi) is 5.03. The van der Waals surface area contributed by atoms with Crippen molar-refractivity contribution in [2.45, 2.75) is 11.3 Å². The van der Waals surface area contributed by atoms with Gasteiger partial charge in [-0.15, -0.1) is 4.40 Å². The van der Waals surface area contributed by atoms with Gasteiger partial charge in [-0.3, -0.25) is 4.79 Å². The van der Waals surface area contributed by atoms with Crippen molar-refractivity contribution in [3.63, 3.8) is 0 Å². The van der Waals surface area contributed by atoms with Crippen LogP contribution in [0.25, 0.3) is 5.69 Å². The van der Waals surface area contributed by atoms with Gasteiger partial charge in [0.05, 0.1) is 22.8 Å². The van der Waals surface area contributed by atoms with E-state index in [4.69, 9.17) is 0 Å². The van der Waals surface area contributed by atoms with E-state index in [1.165, 1.54) is 11.8 Å². The molecule has 2 aliphatic heterocycles. The largest absolute Gasteiger partial charge is 0.352 e. The number of carbonyl (C=O) groups is 1. The highest BCUT2D eigenvalue weighted by atomic mass is 32.2. The summed E-state index contributed by atoms with van der Waals surface area (Å²) in [5.74, 6) is -0.177. The average Bonchev–Trinajstić information content (AvgIpc) is 3.37. The highest BCUT2D eigenvalue weighted by Gasteiger charge is 2.33. The fraction of sp³-hybridized carbons (Fsp3) is 0.190. The van der Waals surface area contributed by atoms with E-state index in [0.717, 1.165) is 22.0 Å². The van der Waals surface area contributed by atoms with Crippen LogP contribution in [0.1, 0.15) is 16.1 Å². The van der Waals surface area contributed by atoms with Crippen molar-refractivity contribution < 1.29 is 13.2 Å². The molecule has 8 nitrogen and oxygen atoms in total. The van der Waals surface area contributed by atoms with Gasteiger partial charge in [-0.05, 0) is 48.2 Å². The predicted molar refractivity (Wildman–Crippen MR) is 120 cm³/mol. The molecule has 0 fully saturated rings. The molecule has 0 unspecified atom stereocenters. The molecule has 1 amide bonds. The fourth-order valence-electron chi connectivity index (χ4n) is 3.50. The summed E-state index contributed by atoms with van der Waals surface area (Å²) in [6.45, 7) is 0.842. The number of sulfonamides is 1. The molecule has 0 aliphatic carbocycles. The van der Waals surface area contributed by atoms with Crippen LogP contribution in [-0.2, 0) is 16.4 Å². The number of hydrogen-bond acceptors (Lipinski definition) is 6. The van der Waals surface area contributed by atoms with Crippen LogP contribution in [0.3, 0.4) is 0 Å². The molecule has 1 N–H and O–H groups in total. The van der Waals surface area contributed by atoms with E-state index in [0.29, 0.717) is 30.2 Å². The van der Waals surface area contributed by atoms with Crippen LogP contribution in [0.4, 0.5) is 5.69 Å². The minimum atomic E-state index is -3.40. The second kappa shape index (κ2) is 7.86. The quantitative estimate of drug-likeness (QED) is 0.638. The Morgan fingerprint density at radius 2 is 1.97 bits per heavy atom. The monoisotopic (exact) mass is 453 g/mol. The van der Waals surface area contributed by atoms with Crippen LogP contribution in [-0.4, -0.2) is 48.1 Å². The van der Waals surface area contributed by atoms with E-state index in [1.807, 2.05) is 58.2 Å². The van der Waals surface area contributed by atoms with Gasteiger partial charge in [-0.1, -0.05) is 18.2 Å². The molecule has 0 radical (unpaired) electrons. The Labute approximate surface area is 184 Å². The lowest BCUT2D eigenvalue weighted by Crippen LogP contribution is -2.35. The Bertz CT molecular complexity index is 1290. The van der Waals surface area contributed by atoms with Gasteiger partial charge in [0, 0.05) is 36.2 Å². The van der Waals surface area contributed by atoms with Gasteiger partial charge in [-0.25, -0.2) is 13.1 Å². The molecule has 0 bridgehead atoms. The standard InChI is InChI=1S/C21H19N5O3S2/c27-20(22-10-8-16-9-11-26(23-16)17-4-2-1-3-5-17)15-6-7-18-19(14-15)30-21-24-31(28,29)13-12-25(18)21/h1-7,9,11,14H,8,10,12-13H2,(H,22,27). The topological polar surface area (TPSA) is 96.7 Å². The number of nitrogens with one attached hydrogen (secondary N) is 1. The molecule has 0 spiro atoms. The molecular weight excluding hydrogens is 434 g/mol. The number of anilines is 1. The summed E-state index contributed by atoms with van der Waals surface area (Å²) in [5.41, 5.74) is 3.30. The third-order valence-corrected chi connectivity index (χ3v) is 7.37. The zero-order valence-electron chi connectivity index (χ0n) is 16.4. The van der Waals surface area contributed by atoms with Gasteiger partial charge >= 0.3 is 0 Å². The first-order chi connectivity index (χ1) is 15.0. The van der Waals surface area contributed by atoms with E-state index in [1.54, 1.807) is 12.1 Å². The van der Waals surface area contributed by atoms with E-state index in [9.17, 15) is 13.2 Å². The zero-order valence-corrected chi connectivity index (χ0v) is 18.1. The van der Waals surface area contributed by atoms with E-state index in [2.05, 4.69) is 14.8 Å². The normalized spacial score (nSPS) is 16.4. The summed E-state index contributed by atoms with van der Waals surface area (Å²) in [5, 5.41) is 7.92. The lowest BCUT2D eigenvalue weighted by Gasteiger charge is -2.22. The molecule has 5 rings (SSSR count). The van der Waals surface area contributed by atoms with Gasteiger partial charge in [0.15, 0.2) is 5.17 Å². The van der Waals surface area contributed by atoms with Crippen molar-refractivity contribution in [1.82, 2.24) is 15.1 Å². The Hall–Kier alpha value is -3.11. The number of hydrogen-bond donors (Lipinski definition) is 1. The third kappa shape index (κ3) is 4.08. The molecule has 0 atom stereocenters. The molecule has 31 heavy (non-hydrogen) atoms. The summed E-state index contributed by atoms with van der Waals surface area (Å²) in [6.07, 6.45) is 2.52. The summed E-state index contributed by atoms with van der Waals surface area (Å²) >= 11 is 1.28. The SMILES string of the molecule is O=C(NCCc1ccn(-c2ccccc2)n1)c1ccc2c(c1)SC1=NS(=O)(=O)CCN12. The number of nitrogens with zero attached hydrogens (tertiary/aromatic N) is 4. The van der Waals surface area contributed by atoms with Crippen molar-refractivity contribution >= 4 is 38.5 Å². The second-order valence-corrected chi connectivity index (χ2v) is 9.95. The summed E-state index contributed by atoms with van der Waals surface area (Å²) < 4.78 is 29.1. The molecular formula is C21H19N5O3S2. The van der Waals surface area contributed by atoms with Gasteiger partial charge in [0.25, 0.3) is 15.9 Å².